The SMILES string of the molecule is CCn1ncc(CN2CCN(CC3(c4ccc(C)cc4)CC3)CC2)c1C.Cl. The van der Waals surface area contributed by atoms with Gasteiger partial charge in [0.25, 0.3) is 0 Å². The molecule has 1 aromatic carbocycles. The van der Waals surface area contributed by atoms with E-state index in [1.165, 1.54) is 62.4 Å². The second kappa shape index (κ2) is 8.34. The molecule has 1 saturated heterocycles. The maximum atomic E-state index is 4.49. The summed E-state index contributed by atoms with van der Waals surface area (Å²) in [5, 5.41) is 4.49. The molecule has 2 aliphatic rings. The maximum Gasteiger partial charge on any atom is 0.0537 e. The fourth-order valence-corrected chi connectivity index (χ4v) is 4.33. The normalized spacial score (nSPS) is 19.7. The Kier molecular flexibility index (Phi) is 6.29. The summed E-state index contributed by atoms with van der Waals surface area (Å²) < 4.78 is 2.10. The van der Waals surface area contributed by atoms with E-state index in [0.717, 1.165) is 13.1 Å². The van der Waals surface area contributed by atoms with E-state index in [9.17, 15) is 0 Å². The standard InChI is InChI=1S/C22H32N4.ClH/c1-4-26-19(3)20(15-23-26)16-24-11-13-25(14-12-24)17-22(9-10-22)21-7-5-18(2)6-8-21;/h5-8,15H,4,9-14,16-17H2,1-3H3;1H. The van der Waals surface area contributed by atoms with Crippen LogP contribution in [-0.2, 0) is 18.5 Å². The number of aryl methyl sites for hydroxylation is 2. The van der Waals surface area contributed by atoms with Gasteiger partial charge >= 0.3 is 0 Å². The van der Waals surface area contributed by atoms with E-state index in [1.54, 1.807) is 5.56 Å². The number of nitrogens with zero attached hydrogens (tertiary/aromatic N) is 4. The van der Waals surface area contributed by atoms with Crippen LogP contribution < -0.4 is 0 Å². The molecule has 1 aromatic heterocycles. The molecule has 4 rings (SSSR count). The van der Waals surface area contributed by atoms with Crippen molar-refractivity contribution in [2.75, 3.05) is 32.7 Å². The molecule has 2 fully saturated rings. The zero-order valence-corrected chi connectivity index (χ0v) is 17.8. The number of benzene rings is 1. The monoisotopic (exact) mass is 388 g/mol. The van der Waals surface area contributed by atoms with Gasteiger partial charge in [-0.1, -0.05) is 29.8 Å². The minimum absolute atomic E-state index is 0. The molecule has 5 heteroatoms. The highest BCUT2D eigenvalue weighted by atomic mass is 35.5. The number of rotatable bonds is 6. The summed E-state index contributed by atoms with van der Waals surface area (Å²) in [6.45, 7) is 14.5. The molecule has 2 heterocycles. The first kappa shape index (κ1) is 20.4. The molecule has 1 aliphatic heterocycles. The first-order valence-electron chi connectivity index (χ1n) is 10.1. The molecule has 1 aliphatic carbocycles. The molecule has 1 saturated carbocycles. The Hall–Kier alpha value is -1.36. The average Bonchev–Trinajstić information content (AvgIpc) is 3.35. The largest absolute Gasteiger partial charge is 0.300 e. The fourth-order valence-electron chi connectivity index (χ4n) is 4.33. The summed E-state index contributed by atoms with van der Waals surface area (Å²) in [5.74, 6) is 0. The van der Waals surface area contributed by atoms with E-state index in [-0.39, 0.29) is 12.4 Å². The van der Waals surface area contributed by atoms with Gasteiger partial charge in [-0.3, -0.25) is 14.5 Å². The van der Waals surface area contributed by atoms with E-state index in [1.807, 2.05) is 0 Å². The van der Waals surface area contributed by atoms with Crippen molar-refractivity contribution in [3.05, 3.63) is 52.8 Å². The van der Waals surface area contributed by atoms with Crippen LogP contribution in [0.25, 0.3) is 0 Å². The van der Waals surface area contributed by atoms with Crippen molar-refractivity contribution in [2.24, 2.45) is 0 Å². The van der Waals surface area contributed by atoms with Crippen molar-refractivity contribution in [1.82, 2.24) is 19.6 Å². The van der Waals surface area contributed by atoms with E-state index in [4.69, 9.17) is 0 Å². The van der Waals surface area contributed by atoms with Gasteiger partial charge in [-0.15, -0.1) is 12.4 Å². The highest BCUT2D eigenvalue weighted by molar-refractivity contribution is 5.85. The van der Waals surface area contributed by atoms with E-state index < -0.39 is 0 Å². The highest BCUT2D eigenvalue weighted by Gasteiger charge is 2.45. The summed E-state index contributed by atoms with van der Waals surface area (Å²) in [6, 6.07) is 9.25. The van der Waals surface area contributed by atoms with Crippen LogP contribution in [0.1, 0.15) is 42.1 Å². The van der Waals surface area contributed by atoms with Crippen molar-refractivity contribution in [3.8, 4) is 0 Å². The minimum Gasteiger partial charge on any atom is -0.300 e. The number of piperazine rings is 1. The van der Waals surface area contributed by atoms with Gasteiger partial charge in [0, 0.05) is 62.5 Å². The van der Waals surface area contributed by atoms with Gasteiger partial charge in [-0.05, 0) is 39.2 Å². The zero-order valence-electron chi connectivity index (χ0n) is 16.9. The summed E-state index contributed by atoms with van der Waals surface area (Å²) in [6.07, 6.45) is 4.76. The Morgan fingerprint density at radius 2 is 1.59 bits per heavy atom. The van der Waals surface area contributed by atoms with Crippen LogP contribution in [0.3, 0.4) is 0 Å². The topological polar surface area (TPSA) is 24.3 Å². The molecule has 2 aromatic rings. The first-order chi connectivity index (χ1) is 12.6. The van der Waals surface area contributed by atoms with Gasteiger partial charge in [0.05, 0.1) is 6.20 Å². The Morgan fingerprint density at radius 1 is 0.963 bits per heavy atom. The van der Waals surface area contributed by atoms with E-state index >= 15 is 0 Å². The summed E-state index contributed by atoms with van der Waals surface area (Å²) in [5.41, 5.74) is 6.06. The Labute approximate surface area is 170 Å². The number of aromatic nitrogens is 2. The molecule has 0 radical (unpaired) electrons. The second-order valence-electron chi connectivity index (χ2n) is 8.27. The second-order valence-corrected chi connectivity index (χ2v) is 8.27. The van der Waals surface area contributed by atoms with Gasteiger partial charge in [0.1, 0.15) is 0 Å². The van der Waals surface area contributed by atoms with Crippen LogP contribution in [0.15, 0.2) is 30.5 Å². The van der Waals surface area contributed by atoms with Crippen molar-refractivity contribution in [1.29, 1.82) is 0 Å². The predicted molar refractivity (Wildman–Crippen MR) is 114 cm³/mol. The summed E-state index contributed by atoms with van der Waals surface area (Å²) in [7, 11) is 0. The smallest absolute Gasteiger partial charge is 0.0537 e. The third-order valence-corrected chi connectivity index (χ3v) is 6.41. The minimum atomic E-state index is 0. The lowest BCUT2D eigenvalue weighted by Gasteiger charge is -2.36. The number of halogens is 1. The van der Waals surface area contributed by atoms with Crippen LogP contribution in [0.2, 0.25) is 0 Å². The summed E-state index contributed by atoms with van der Waals surface area (Å²) >= 11 is 0. The average molecular weight is 389 g/mol. The highest BCUT2D eigenvalue weighted by Crippen LogP contribution is 2.48. The molecule has 27 heavy (non-hydrogen) atoms. The lowest BCUT2D eigenvalue weighted by molar-refractivity contribution is 0.119. The molecule has 0 amide bonds. The van der Waals surface area contributed by atoms with Crippen LogP contribution >= 0.6 is 12.4 Å². The Bertz CT molecular complexity index is 740. The van der Waals surface area contributed by atoms with Crippen LogP contribution in [0.4, 0.5) is 0 Å². The lowest BCUT2D eigenvalue weighted by atomic mass is 9.94. The Balaban J connectivity index is 0.00000210. The number of hydrogen-bond donors (Lipinski definition) is 0. The van der Waals surface area contributed by atoms with Crippen LogP contribution in [0.5, 0.6) is 0 Å². The Morgan fingerprint density at radius 3 is 2.15 bits per heavy atom. The van der Waals surface area contributed by atoms with Gasteiger partial charge in [-0.25, -0.2) is 0 Å². The zero-order chi connectivity index (χ0) is 18.1. The third-order valence-electron chi connectivity index (χ3n) is 6.41. The van der Waals surface area contributed by atoms with Crippen molar-refractivity contribution < 1.29 is 0 Å². The molecule has 148 valence electrons. The van der Waals surface area contributed by atoms with Crippen molar-refractivity contribution in [2.45, 2.75) is 52.1 Å². The van der Waals surface area contributed by atoms with Crippen molar-refractivity contribution >= 4 is 12.4 Å². The first-order valence-corrected chi connectivity index (χ1v) is 10.1. The molecule has 0 atom stereocenters. The summed E-state index contributed by atoms with van der Waals surface area (Å²) in [4.78, 5) is 5.28. The lowest BCUT2D eigenvalue weighted by Crippen LogP contribution is -2.48. The van der Waals surface area contributed by atoms with Crippen molar-refractivity contribution in [3.63, 3.8) is 0 Å². The molecule has 0 N–H and O–H groups in total. The molecular formula is C22H33ClN4. The predicted octanol–water partition coefficient (Wildman–Crippen LogP) is 3.79. The third kappa shape index (κ3) is 4.39. The quantitative estimate of drug-likeness (QED) is 0.752. The fraction of sp³-hybridized carbons (Fsp3) is 0.591. The molecule has 4 nitrogen and oxygen atoms in total. The van der Waals surface area contributed by atoms with Gasteiger partial charge in [0.15, 0.2) is 0 Å². The molecule has 0 spiro atoms. The van der Waals surface area contributed by atoms with Gasteiger partial charge in [-0.2, -0.15) is 5.10 Å². The van der Waals surface area contributed by atoms with E-state index in [0.29, 0.717) is 5.41 Å². The molecule has 0 unspecified atom stereocenters. The number of hydrogen-bond acceptors (Lipinski definition) is 3. The van der Waals surface area contributed by atoms with Gasteiger partial charge in [0.2, 0.25) is 0 Å². The van der Waals surface area contributed by atoms with Crippen LogP contribution in [0, 0.1) is 13.8 Å². The maximum absolute atomic E-state index is 4.49. The molecule has 0 bridgehead atoms. The van der Waals surface area contributed by atoms with E-state index in [2.05, 4.69) is 70.8 Å². The molecular weight excluding hydrogens is 356 g/mol. The van der Waals surface area contributed by atoms with Crippen LogP contribution in [-0.4, -0.2) is 52.3 Å². The van der Waals surface area contributed by atoms with Gasteiger partial charge < -0.3 is 0 Å².